The van der Waals surface area contributed by atoms with Crippen molar-refractivity contribution in [2.24, 2.45) is 0 Å². The maximum absolute atomic E-state index is 11.4. The number of hydrogen-bond acceptors (Lipinski definition) is 3. The Hall–Kier alpha value is -0.843. The normalized spacial score (nSPS) is 12.3. The molecule has 0 aromatic carbocycles. The number of carboxylic acid groups (broad SMARTS) is 1. The standard InChI is InChI=1S/C10H20O4Si/c1-10(2,3)15(4,5)14-9(13)7-6-8(11)12/h6-7H2,1-5H3,(H,11,12). The van der Waals surface area contributed by atoms with Gasteiger partial charge in [-0.1, -0.05) is 20.8 Å². The van der Waals surface area contributed by atoms with Gasteiger partial charge < -0.3 is 9.53 Å². The lowest BCUT2D eigenvalue weighted by Crippen LogP contribution is -2.42. The summed E-state index contributed by atoms with van der Waals surface area (Å²) in [7, 11) is -2.08. The van der Waals surface area contributed by atoms with Crippen molar-refractivity contribution in [3.63, 3.8) is 0 Å². The van der Waals surface area contributed by atoms with Crippen LogP contribution in [-0.4, -0.2) is 25.4 Å². The van der Waals surface area contributed by atoms with Crippen molar-refractivity contribution < 1.29 is 19.1 Å². The van der Waals surface area contributed by atoms with Crippen LogP contribution in [0.5, 0.6) is 0 Å². The van der Waals surface area contributed by atoms with E-state index in [1.54, 1.807) is 0 Å². The largest absolute Gasteiger partial charge is 0.519 e. The second kappa shape index (κ2) is 4.79. The van der Waals surface area contributed by atoms with Gasteiger partial charge in [-0.2, -0.15) is 0 Å². The van der Waals surface area contributed by atoms with Crippen LogP contribution in [0.4, 0.5) is 0 Å². The van der Waals surface area contributed by atoms with Gasteiger partial charge in [0.05, 0.1) is 12.8 Å². The summed E-state index contributed by atoms with van der Waals surface area (Å²) < 4.78 is 5.39. The summed E-state index contributed by atoms with van der Waals surface area (Å²) in [5.41, 5.74) is 0. The molecule has 0 fully saturated rings. The minimum atomic E-state index is -2.08. The Kier molecular flexibility index (Phi) is 4.52. The van der Waals surface area contributed by atoms with Crippen LogP contribution in [0.15, 0.2) is 0 Å². The Labute approximate surface area is 91.8 Å². The molecule has 15 heavy (non-hydrogen) atoms. The van der Waals surface area contributed by atoms with Crippen LogP contribution < -0.4 is 0 Å². The van der Waals surface area contributed by atoms with E-state index in [9.17, 15) is 9.59 Å². The summed E-state index contributed by atoms with van der Waals surface area (Å²) in [4.78, 5) is 21.6. The van der Waals surface area contributed by atoms with E-state index in [1.165, 1.54) is 0 Å². The van der Waals surface area contributed by atoms with Crippen molar-refractivity contribution >= 4 is 20.3 Å². The van der Waals surface area contributed by atoms with Crippen LogP contribution in [0, 0.1) is 0 Å². The highest BCUT2D eigenvalue weighted by Gasteiger charge is 2.40. The van der Waals surface area contributed by atoms with E-state index in [4.69, 9.17) is 9.53 Å². The van der Waals surface area contributed by atoms with Gasteiger partial charge in [0.25, 0.3) is 14.3 Å². The highest BCUT2D eigenvalue weighted by Crippen LogP contribution is 2.36. The fraction of sp³-hybridized carbons (Fsp3) is 0.800. The van der Waals surface area contributed by atoms with E-state index in [1.807, 2.05) is 33.9 Å². The first-order valence-electron chi connectivity index (χ1n) is 5.00. The molecule has 0 rings (SSSR count). The smallest absolute Gasteiger partial charge is 0.303 e. The molecule has 0 aliphatic heterocycles. The third kappa shape index (κ3) is 4.97. The summed E-state index contributed by atoms with van der Waals surface area (Å²) in [6, 6.07) is 0. The molecule has 0 unspecified atom stereocenters. The number of rotatable bonds is 4. The molecule has 0 aliphatic carbocycles. The van der Waals surface area contributed by atoms with Gasteiger partial charge in [0.1, 0.15) is 0 Å². The Bertz CT molecular complexity index is 253. The Morgan fingerprint density at radius 2 is 1.67 bits per heavy atom. The Morgan fingerprint density at radius 1 is 1.20 bits per heavy atom. The lowest BCUT2D eigenvalue weighted by Gasteiger charge is -2.35. The molecule has 0 saturated carbocycles. The van der Waals surface area contributed by atoms with E-state index in [-0.39, 0.29) is 17.9 Å². The van der Waals surface area contributed by atoms with Crippen molar-refractivity contribution in [3.05, 3.63) is 0 Å². The monoisotopic (exact) mass is 232 g/mol. The third-order valence-electron chi connectivity index (χ3n) is 2.72. The molecule has 0 aromatic rings. The van der Waals surface area contributed by atoms with E-state index in [0.29, 0.717) is 0 Å². The second-order valence-electron chi connectivity index (χ2n) is 5.13. The van der Waals surface area contributed by atoms with E-state index >= 15 is 0 Å². The molecular weight excluding hydrogens is 212 g/mol. The summed E-state index contributed by atoms with van der Waals surface area (Å²) in [5.74, 6) is -1.37. The molecule has 0 saturated heterocycles. The lowest BCUT2D eigenvalue weighted by molar-refractivity contribution is -0.142. The lowest BCUT2D eigenvalue weighted by atomic mass is 10.2. The average molecular weight is 232 g/mol. The molecule has 0 heterocycles. The fourth-order valence-corrected chi connectivity index (χ4v) is 1.68. The van der Waals surface area contributed by atoms with Gasteiger partial charge in [0, 0.05) is 0 Å². The summed E-state index contributed by atoms with van der Waals surface area (Å²) in [6.45, 7) is 10.0. The van der Waals surface area contributed by atoms with Crippen LogP contribution in [0.25, 0.3) is 0 Å². The first-order valence-corrected chi connectivity index (χ1v) is 7.91. The number of carbonyl (C=O) groups is 2. The van der Waals surface area contributed by atoms with Gasteiger partial charge >= 0.3 is 5.97 Å². The molecule has 0 aromatic heterocycles. The molecule has 0 radical (unpaired) electrons. The van der Waals surface area contributed by atoms with Crippen molar-refractivity contribution in [3.8, 4) is 0 Å². The van der Waals surface area contributed by atoms with Crippen LogP contribution in [0.3, 0.4) is 0 Å². The van der Waals surface area contributed by atoms with Crippen LogP contribution >= 0.6 is 0 Å². The summed E-state index contributed by atoms with van der Waals surface area (Å²) in [6.07, 6.45) is -0.199. The molecule has 0 atom stereocenters. The Balaban J connectivity index is 4.23. The van der Waals surface area contributed by atoms with Crippen molar-refractivity contribution in [1.29, 1.82) is 0 Å². The highest BCUT2D eigenvalue weighted by molar-refractivity contribution is 6.75. The molecule has 0 aliphatic rings. The number of carbonyl (C=O) groups excluding carboxylic acids is 1. The third-order valence-corrected chi connectivity index (χ3v) is 7.07. The molecule has 0 bridgehead atoms. The quantitative estimate of drug-likeness (QED) is 0.756. The highest BCUT2D eigenvalue weighted by atomic mass is 28.4. The Morgan fingerprint density at radius 3 is 2.00 bits per heavy atom. The molecule has 5 heteroatoms. The summed E-state index contributed by atoms with van der Waals surface area (Å²) >= 11 is 0. The predicted molar refractivity (Wildman–Crippen MR) is 60.2 cm³/mol. The summed E-state index contributed by atoms with van der Waals surface area (Å²) in [5, 5.41) is 8.39. The van der Waals surface area contributed by atoms with Crippen LogP contribution in [0.1, 0.15) is 33.6 Å². The minimum Gasteiger partial charge on any atom is -0.519 e. The molecule has 0 amide bonds. The van der Waals surface area contributed by atoms with Crippen LogP contribution in [-0.2, 0) is 14.0 Å². The van der Waals surface area contributed by atoms with E-state index < -0.39 is 20.3 Å². The minimum absolute atomic E-state index is 0.0358. The fourth-order valence-electron chi connectivity index (χ4n) is 0.698. The van der Waals surface area contributed by atoms with Gasteiger partial charge in [-0.15, -0.1) is 0 Å². The maximum Gasteiger partial charge on any atom is 0.303 e. The van der Waals surface area contributed by atoms with Crippen LogP contribution in [0.2, 0.25) is 18.1 Å². The maximum atomic E-state index is 11.4. The SMILES string of the molecule is CC(C)(C)[Si](C)(C)OC(=O)CCC(=O)O. The predicted octanol–water partition coefficient (Wildman–Crippen LogP) is 2.40. The first kappa shape index (κ1) is 14.2. The van der Waals surface area contributed by atoms with Crippen molar-refractivity contribution in [2.45, 2.75) is 51.7 Å². The number of carboxylic acids is 1. The molecule has 4 nitrogen and oxygen atoms in total. The van der Waals surface area contributed by atoms with E-state index in [2.05, 4.69) is 0 Å². The van der Waals surface area contributed by atoms with Crippen molar-refractivity contribution in [1.82, 2.24) is 0 Å². The number of hydrogen-bond donors (Lipinski definition) is 1. The molecular formula is C10H20O4Si. The topological polar surface area (TPSA) is 63.6 Å². The number of aliphatic carboxylic acids is 1. The average Bonchev–Trinajstić information content (AvgIpc) is 1.97. The van der Waals surface area contributed by atoms with Crippen molar-refractivity contribution in [2.75, 3.05) is 0 Å². The second-order valence-corrected chi connectivity index (χ2v) is 9.85. The van der Waals surface area contributed by atoms with Gasteiger partial charge in [0.15, 0.2) is 0 Å². The van der Waals surface area contributed by atoms with E-state index in [0.717, 1.165) is 0 Å². The van der Waals surface area contributed by atoms with Gasteiger partial charge in [0.2, 0.25) is 0 Å². The molecule has 1 N–H and O–H groups in total. The zero-order valence-corrected chi connectivity index (χ0v) is 11.1. The molecule has 88 valence electrons. The zero-order chi connectivity index (χ0) is 12.3. The van der Waals surface area contributed by atoms with Gasteiger partial charge in [-0.05, 0) is 18.1 Å². The first-order chi connectivity index (χ1) is 6.56. The zero-order valence-electron chi connectivity index (χ0n) is 10.1. The molecule has 0 spiro atoms. The van der Waals surface area contributed by atoms with Gasteiger partial charge in [-0.3, -0.25) is 9.59 Å². The van der Waals surface area contributed by atoms with Gasteiger partial charge in [-0.25, -0.2) is 0 Å².